The van der Waals surface area contributed by atoms with E-state index in [0.717, 1.165) is 0 Å². The summed E-state index contributed by atoms with van der Waals surface area (Å²) < 4.78 is 39.2. The Morgan fingerprint density at radius 3 is 1.74 bits per heavy atom. The zero-order chi connectivity index (χ0) is 18.6. The van der Waals surface area contributed by atoms with Gasteiger partial charge in [0.1, 0.15) is 0 Å². The minimum atomic E-state index is -4.23. The summed E-state index contributed by atoms with van der Waals surface area (Å²) in [6.45, 7) is 17.2. The zero-order valence-electron chi connectivity index (χ0n) is 15.4. The Morgan fingerprint density at radius 2 is 1.48 bits per heavy atom. The quantitative estimate of drug-likeness (QED) is 0.290. The Bertz CT molecular complexity index is 501. The van der Waals surface area contributed by atoms with E-state index in [1.165, 1.54) is 6.92 Å². The van der Waals surface area contributed by atoms with Gasteiger partial charge in [0.25, 0.3) is 10.1 Å². The van der Waals surface area contributed by atoms with E-state index >= 15 is 0 Å². The molecule has 0 aromatic heterocycles. The number of carbonyl (C=O) groups is 1. The molecule has 0 aromatic carbocycles. The Morgan fingerprint density at radius 1 is 1.09 bits per heavy atom. The van der Waals surface area contributed by atoms with Gasteiger partial charge >= 0.3 is 5.97 Å². The molecule has 0 radical (unpaired) electrons. The highest BCUT2D eigenvalue weighted by Crippen LogP contribution is 2.46. The van der Waals surface area contributed by atoms with Gasteiger partial charge in [0.15, 0.2) is 0 Å². The highest BCUT2D eigenvalue weighted by atomic mass is 32.2. The van der Waals surface area contributed by atoms with Crippen molar-refractivity contribution in [2.45, 2.75) is 76.4 Å². The second-order valence-corrected chi connectivity index (χ2v) is 15.4. The van der Waals surface area contributed by atoms with Crippen LogP contribution in [0.15, 0.2) is 12.2 Å². The van der Waals surface area contributed by atoms with Crippen LogP contribution in [0.3, 0.4) is 0 Å². The Kier molecular flexibility index (Phi) is 8.20. The monoisotopic (exact) mass is 364 g/mol. The SMILES string of the molecule is C=C(C)C(=O)OCCC([Si](C(C)C)(C(C)C)C(C)C)S(=O)(=O)O. The predicted octanol–water partition coefficient (Wildman–Crippen LogP) is 3.97. The Labute approximate surface area is 142 Å². The standard InChI is InChI=1S/C16H32O5SSi/c1-11(2)16(17)21-10-9-15(22(18,19)20)23(12(3)4,13(5)6)14(7)8/h12-15H,1,9-10H2,2-8H3,(H,18,19,20). The van der Waals surface area contributed by atoms with Crippen LogP contribution in [-0.2, 0) is 19.6 Å². The molecule has 1 unspecified atom stereocenters. The first kappa shape index (κ1) is 22.3. The van der Waals surface area contributed by atoms with Crippen molar-refractivity contribution >= 4 is 24.2 Å². The average molecular weight is 365 g/mol. The predicted molar refractivity (Wildman–Crippen MR) is 96.8 cm³/mol. The molecular weight excluding hydrogens is 332 g/mol. The van der Waals surface area contributed by atoms with Crippen molar-refractivity contribution in [3.05, 3.63) is 12.2 Å². The Balaban J connectivity index is 5.68. The van der Waals surface area contributed by atoms with Gasteiger partial charge in [-0.25, -0.2) is 4.79 Å². The molecule has 0 fully saturated rings. The lowest BCUT2D eigenvalue weighted by atomic mass is 10.4. The summed E-state index contributed by atoms with van der Waals surface area (Å²) >= 11 is 0. The maximum Gasteiger partial charge on any atom is 0.333 e. The van der Waals surface area contributed by atoms with E-state index in [1.54, 1.807) is 0 Å². The lowest BCUT2D eigenvalue weighted by molar-refractivity contribution is -0.138. The number of rotatable bonds is 9. The van der Waals surface area contributed by atoms with Gasteiger partial charge in [-0.3, -0.25) is 4.55 Å². The molecule has 0 saturated heterocycles. The smallest absolute Gasteiger partial charge is 0.333 e. The number of esters is 1. The molecule has 0 amide bonds. The van der Waals surface area contributed by atoms with Gasteiger partial charge in [-0.1, -0.05) is 48.1 Å². The fourth-order valence-electron chi connectivity index (χ4n) is 4.15. The van der Waals surface area contributed by atoms with Crippen molar-refractivity contribution in [3.63, 3.8) is 0 Å². The van der Waals surface area contributed by atoms with Crippen molar-refractivity contribution in [1.82, 2.24) is 0 Å². The van der Waals surface area contributed by atoms with Gasteiger partial charge in [0.2, 0.25) is 0 Å². The molecule has 7 heteroatoms. The second-order valence-electron chi connectivity index (χ2n) is 7.17. The van der Waals surface area contributed by atoms with Crippen LogP contribution in [0.1, 0.15) is 54.9 Å². The van der Waals surface area contributed by atoms with Crippen LogP contribution in [-0.4, -0.2) is 38.5 Å². The summed E-state index contributed by atoms with van der Waals surface area (Å²) in [5.41, 5.74) is 0.789. The third-order valence-electron chi connectivity index (χ3n) is 4.88. The first-order valence-electron chi connectivity index (χ1n) is 8.08. The van der Waals surface area contributed by atoms with E-state index in [2.05, 4.69) is 6.58 Å². The third-order valence-corrected chi connectivity index (χ3v) is 15.4. The van der Waals surface area contributed by atoms with Gasteiger partial charge in [-0.2, -0.15) is 8.42 Å². The van der Waals surface area contributed by atoms with Crippen molar-refractivity contribution in [2.75, 3.05) is 6.61 Å². The summed E-state index contributed by atoms with van der Waals surface area (Å²) in [7, 11) is -6.67. The van der Waals surface area contributed by atoms with Crippen LogP contribution in [0.4, 0.5) is 0 Å². The number of carbonyl (C=O) groups excluding carboxylic acids is 1. The third kappa shape index (κ3) is 5.16. The molecule has 0 rings (SSSR count). The van der Waals surface area contributed by atoms with E-state index in [9.17, 15) is 17.8 Å². The van der Waals surface area contributed by atoms with Gasteiger partial charge in [-0.15, -0.1) is 0 Å². The van der Waals surface area contributed by atoms with E-state index in [-0.39, 0.29) is 35.2 Å². The molecule has 23 heavy (non-hydrogen) atoms. The van der Waals surface area contributed by atoms with Crippen molar-refractivity contribution in [1.29, 1.82) is 0 Å². The topological polar surface area (TPSA) is 80.7 Å². The van der Waals surface area contributed by atoms with Gasteiger partial charge in [0, 0.05) is 5.57 Å². The molecule has 5 nitrogen and oxygen atoms in total. The fraction of sp³-hybridized carbons (Fsp3) is 0.812. The maximum absolute atomic E-state index is 12.1. The normalized spacial score (nSPS) is 14.4. The van der Waals surface area contributed by atoms with Crippen LogP contribution in [0, 0.1) is 0 Å². The van der Waals surface area contributed by atoms with Crippen molar-refractivity contribution in [2.24, 2.45) is 0 Å². The molecule has 0 aliphatic carbocycles. The van der Waals surface area contributed by atoms with E-state index in [0.29, 0.717) is 0 Å². The maximum atomic E-state index is 12.1. The van der Waals surface area contributed by atoms with Gasteiger partial charge in [0.05, 0.1) is 19.6 Å². The number of hydrogen-bond acceptors (Lipinski definition) is 4. The lowest BCUT2D eigenvalue weighted by Gasteiger charge is -2.47. The molecule has 0 heterocycles. The summed E-state index contributed by atoms with van der Waals surface area (Å²) in [5, 5.41) is 0. The molecular formula is C16H32O5SSi. The van der Waals surface area contributed by atoms with Crippen molar-refractivity contribution < 1.29 is 22.5 Å². The number of ether oxygens (including phenoxy) is 1. The van der Waals surface area contributed by atoms with Gasteiger partial charge < -0.3 is 4.74 Å². The first-order chi connectivity index (χ1) is 10.3. The summed E-state index contributed by atoms with van der Waals surface area (Å²) in [5.74, 6) is -0.537. The Hall–Kier alpha value is -0.663. The fourth-order valence-corrected chi connectivity index (χ4v) is 15.9. The summed E-state index contributed by atoms with van der Waals surface area (Å²) in [6.07, 6.45) is 0.124. The molecule has 0 spiro atoms. The highest BCUT2D eigenvalue weighted by molar-refractivity contribution is 7.88. The molecule has 136 valence electrons. The van der Waals surface area contributed by atoms with Crippen molar-refractivity contribution in [3.8, 4) is 0 Å². The molecule has 1 N–H and O–H groups in total. The van der Waals surface area contributed by atoms with Crippen LogP contribution < -0.4 is 0 Å². The molecule has 0 aromatic rings. The lowest BCUT2D eigenvalue weighted by Crippen LogP contribution is -2.58. The molecule has 0 aliphatic heterocycles. The molecule has 1 atom stereocenters. The molecule has 0 saturated carbocycles. The summed E-state index contributed by atoms with van der Waals surface area (Å²) in [6, 6.07) is 0. The van der Waals surface area contributed by atoms with E-state index in [1.807, 2.05) is 41.5 Å². The van der Waals surface area contributed by atoms with E-state index in [4.69, 9.17) is 4.74 Å². The minimum absolute atomic E-state index is 0.0307. The van der Waals surface area contributed by atoms with Crippen LogP contribution in [0.2, 0.25) is 16.6 Å². The largest absolute Gasteiger partial charge is 0.462 e. The molecule has 0 bridgehead atoms. The molecule has 0 aliphatic rings. The first-order valence-corrected chi connectivity index (χ1v) is 11.9. The summed E-state index contributed by atoms with van der Waals surface area (Å²) in [4.78, 5) is 10.6. The average Bonchev–Trinajstić information content (AvgIpc) is 2.34. The highest BCUT2D eigenvalue weighted by Gasteiger charge is 2.53. The number of hydrogen-bond donors (Lipinski definition) is 1. The van der Waals surface area contributed by atoms with Crippen LogP contribution in [0.25, 0.3) is 0 Å². The van der Waals surface area contributed by atoms with Crippen LogP contribution in [0.5, 0.6) is 0 Å². The second kappa shape index (κ2) is 8.44. The minimum Gasteiger partial charge on any atom is -0.462 e. The van der Waals surface area contributed by atoms with E-state index < -0.39 is 29.0 Å². The van der Waals surface area contributed by atoms with Gasteiger partial charge in [-0.05, 0) is 30.0 Å². The van der Waals surface area contributed by atoms with Crippen LogP contribution >= 0.6 is 0 Å². The zero-order valence-corrected chi connectivity index (χ0v) is 17.2.